The van der Waals surface area contributed by atoms with Crippen LogP contribution in [0.5, 0.6) is 5.75 Å². The number of hydrogen-bond donors (Lipinski definition) is 0. The highest BCUT2D eigenvalue weighted by Crippen LogP contribution is 2.31. The molecule has 0 atom stereocenters. The second-order valence-corrected chi connectivity index (χ2v) is 6.51. The topological polar surface area (TPSA) is 69.4 Å². The van der Waals surface area contributed by atoms with Crippen molar-refractivity contribution in [3.63, 3.8) is 0 Å². The van der Waals surface area contributed by atoms with Gasteiger partial charge in [0.15, 0.2) is 0 Å². The van der Waals surface area contributed by atoms with Gasteiger partial charge in [0.05, 0.1) is 15.0 Å². The van der Waals surface area contributed by atoms with Gasteiger partial charge in [0, 0.05) is 11.6 Å². The molecule has 6 heteroatoms. The Morgan fingerprint density at radius 1 is 1.00 bits per heavy atom. The SMILES string of the molecule is Cc1ccc(C(=O)Oc2ccc(-c3ccccc3)cc2Br)cc1[N+](=O)[O-]. The first-order valence-corrected chi connectivity index (χ1v) is 8.57. The van der Waals surface area contributed by atoms with E-state index in [-0.39, 0.29) is 11.3 Å². The Balaban J connectivity index is 1.84. The molecule has 0 aliphatic rings. The van der Waals surface area contributed by atoms with E-state index >= 15 is 0 Å². The lowest BCUT2D eigenvalue weighted by Gasteiger charge is -2.09. The van der Waals surface area contributed by atoms with Crippen LogP contribution >= 0.6 is 15.9 Å². The van der Waals surface area contributed by atoms with Gasteiger partial charge >= 0.3 is 5.97 Å². The highest BCUT2D eigenvalue weighted by Gasteiger charge is 2.17. The minimum absolute atomic E-state index is 0.113. The maximum atomic E-state index is 12.3. The minimum Gasteiger partial charge on any atom is -0.422 e. The fraction of sp³-hybridized carbons (Fsp3) is 0.0500. The number of hydrogen-bond acceptors (Lipinski definition) is 4. The average molecular weight is 412 g/mol. The van der Waals surface area contributed by atoms with Gasteiger partial charge in [-0.15, -0.1) is 0 Å². The zero-order valence-electron chi connectivity index (χ0n) is 13.8. The molecule has 0 spiro atoms. The monoisotopic (exact) mass is 411 g/mol. The number of nitrogens with zero attached hydrogens (tertiary/aromatic N) is 1. The van der Waals surface area contributed by atoms with E-state index in [2.05, 4.69) is 15.9 Å². The molecule has 5 nitrogen and oxygen atoms in total. The molecule has 0 radical (unpaired) electrons. The molecule has 26 heavy (non-hydrogen) atoms. The fourth-order valence-corrected chi connectivity index (χ4v) is 2.95. The average Bonchev–Trinajstić information content (AvgIpc) is 2.64. The summed E-state index contributed by atoms with van der Waals surface area (Å²) in [5.41, 5.74) is 2.52. The van der Waals surface area contributed by atoms with Gasteiger partial charge in [-0.3, -0.25) is 10.1 Å². The molecule has 3 aromatic carbocycles. The zero-order valence-corrected chi connectivity index (χ0v) is 15.4. The smallest absolute Gasteiger partial charge is 0.343 e. The van der Waals surface area contributed by atoms with Crippen molar-refractivity contribution in [3.8, 4) is 16.9 Å². The van der Waals surface area contributed by atoms with E-state index in [1.165, 1.54) is 18.2 Å². The molecule has 0 heterocycles. The summed E-state index contributed by atoms with van der Waals surface area (Å²) in [5, 5.41) is 11.0. The number of nitro benzene ring substituents is 1. The molecule has 0 amide bonds. The Kier molecular flexibility index (Phi) is 5.14. The van der Waals surface area contributed by atoms with Crippen molar-refractivity contribution in [3.05, 3.63) is 92.4 Å². The van der Waals surface area contributed by atoms with Gasteiger partial charge in [-0.1, -0.05) is 42.5 Å². The Morgan fingerprint density at radius 3 is 2.38 bits per heavy atom. The van der Waals surface area contributed by atoms with Gasteiger partial charge in [-0.25, -0.2) is 4.79 Å². The number of aryl methyl sites for hydroxylation is 1. The predicted molar refractivity (Wildman–Crippen MR) is 102 cm³/mol. The summed E-state index contributed by atoms with van der Waals surface area (Å²) >= 11 is 3.41. The van der Waals surface area contributed by atoms with Crippen molar-refractivity contribution in [1.29, 1.82) is 0 Å². The summed E-state index contributed by atoms with van der Waals surface area (Å²) in [6.07, 6.45) is 0. The van der Waals surface area contributed by atoms with Crippen LogP contribution in [0, 0.1) is 17.0 Å². The molecule has 0 aromatic heterocycles. The van der Waals surface area contributed by atoms with Gasteiger partial charge < -0.3 is 4.74 Å². The first kappa shape index (κ1) is 17.8. The van der Waals surface area contributed by atoms with Gasteiger partial charge in [-0.05, 0) is 52.2 Å². The second-order valence-electron chi connectivity index (χ2n) is 5.66. The molecular formula is C20H14BrNO4. The number of benzene rings is 3. The quantitative estimate of drug-likeness (QED) is 0.244. The third-order valence-electron chi connectivity index (χ3n) is 3.88. The largest absolute Gasteiger partial charge is 0.422 e. The van der Waals surface area contributed by atoms with Crippen molar-refractivity contribution >= 4 is 27.6 Å². The van der Waals surface area contributed by atoms with E-state index < -0.39 is 10.9 Å². The van der Waals surface area contributed by atoms with Crippen LogP contribution in [0.2, 0.25) is 0 Å². The number of rotatable bonds is 4. The maximum Gasteiger partial charge on any atom is 0.343 e. The highest BCUT2D eigenvalue weighted by atomic mass is 79.9. The van der Waals surface area contributed by atoms with Crippen molar-refractivity contribution in [1.82, 2.24) is 0 Å². The predicted octanol–water partition coefficient (Wildman–Crippen LogP) is 5.55. The summed E-state index contributed by atoms with van der Waals surface area (Å²) in [6, 6.07) is 19.5. The summed E-state index contributed by atoms with van der Waals surface area (Å²) in [6.45, 7) is 1.62. The van der Waals surface area contributed by atoms with E-state index in [0.717, 1.165) is 11.1 Å². The summed E-state index contributed by atoms with van der Waals surface area (Å²) in [4.78, 5) is 22.9. The Labute approximate surface area is 158 Å². The molecule has 0 aliphatic heterocycles. The first-order valence-electron chi connectivity index (χ1n) is 7.78. The van der Waals surface area contributed by atoms with Gasteiger partial charge in [0.1, 0.15) is 5.75 Å². The van der Waals surface area contributed by atoms with Crippen molar-refractivity contribution in [2.45, 2.75) is 6.92 Å². The number of esters is 1. The summed E-state index contributed by atoms with van der Waals surface area (Å²) < 4.78 is 6.01. The molecule has 0 aliphatic carbocycles. The summed E-state index contributed by atoms with van der Waals surface area (Å²) in [5.74, 6) is -0.306. The molecule has 0 saturated carbocycles. The number of nitro groups is 1. The third-order valence-corrected chi connectivity index (χ3v) is 4.50. The molecule has 3 rings (SSSR count). The molecule has 0 fully saturated rings. The highest BCUT2D eigenvalue weighted by molar-refractivity contribution is 9.10. The summed E-state index contributed by atoms with van der Waals surface area (Å²) in [7, 11) is 0. The number of ether oxygens (including phenoxy) is 1. The van der Waals surface area contributed by atoms with Crippen LogP contribution in [0.25, 0.3) is 11.1 Å². The van der Waals surface area contributed by atoms with Crippen LogP contribution in [0.1, 0.15) is 15.9 Å². The van der Waals surface area contributed by atoms with E-state index in [1.807, 2.05) is 42.5 Å². The van der Waals surface area contributed by atoms with E-state index in [0.29, 0.717) is 15.8 Å². The van der Waals surface area contributed by atoms with Crippen molar-refractivity contribution in [2.75, 3.05) is 0 Å². The Morgan fingerprint density at radius 2 is 1.73 bits per heavy atom. The number of carbonyl (C=O) groups excluding carboxylic acids is 1. The molecule has 3 aromatic rings. The number of carbonyl (C=O) groups is 1. The molecule has 0 N–H and O–H groups in total. The maximum absolute atomic E-state index is 12.3. The molecular weight excluding hydrogens is 398 g/mol. The van der Waals surface area contributed by atoms with Crippen molar-refractivity contribution < 1.29 is 14.5 Å². The van der Waals surface area contributed by atoms with Gasteiger partial charge in [0.25, 0.3) is 5.69 Å². The zero-order chi connectivity index (χ0) is 18.7. The molecule has 0 saturated heterocycles. The second kappa shape index (κ2) is 7.49. The standard InChI is InChI=1S/C20H14BrNO4/c1-13-7-8-16(12-18(13)22(24)25)20(23)26-19-10-9-15(11-17(19)21)14-5-3-2-4-6-14/h2-12H,1H3. The van der Waals surface area contributed by atoms with Crippen LogP contribution in [0.4, 0.5) is 5.69 Å². The Hall–Kier alpha value is -2.99. The van der Waals surface area contributed by atoms with Crippen LogP contribution in [0.3, 0.4) is 0 Å². The molecule has 0 bridgehead atoms. The lowest BCUT2D eigenvalue weighted by Crippen LogP contribution is -2.09. The molecule has 130 valence electrons. The van der Waals surface area contributed by atoms with Gasteiger partial charge in [-0.2, -0.15) is 0 Å². The number of halogens is 1. The van der Waals surface area contributed by atoms with Crippen LogP contribution in [0.15, 0.2) is 71.2 Å². The normalized spacial score (nSPS) is 10.4. The minimum atomic E-state index is -0.652. The van der Waals surface area contributed by atoms with E-state index in [4.69, 9.17) is 4.74 Å². The van der Waals surface area contributed by atoms with Crippen LogP contribution in [-0.4, -0.2) is 10.9 Å². The van der Waals surface area contributed by atoms with Gasteiger partial charge in [0.2, 0.25) is 0 Å². The first-order chi connectivity index (χ1) is 12.5. The fourth-order valence-electron chi connectivity index (χ4n) is 2.49. The Bertz CT molecular complexity index is 986. The van der Waals surface area contributed by atoms with E-state index in [1.54, 1.807) is 13.0 Å². The molecule has 0 unspecified atom stereocenters. The van der Waals surface area contributed by atoms with E-state index in [9.17, 15) is 14.9 Å². The lowest BCUT2D eigenvalue weighted by molar-refractivity contribution is -0.385. The lowest BCUT2D eigenvalue weighted by atomic mass is 10.1. The third kappa shape index (κ3) is 3.81. The van der Waals surface area contributed by atoms with Crippen LogP contribution < -0.4 is 4.74 Å². The van der Waals surface area contributed by atoms with Crippen LogP contribution in [-0.2, 0) is 0 Å². The van der Waals surface area contributed by atoms with Crippen molar-refractivity contribution in [2.24, 2.45) is 0 Å².